The molecule has 1 aromatic rings. The summed E-state index contributed by atoms with van der Waals surface area (Å²) in [4.78, 5) is 27.7. The third-order valence-electron chi connectivity index (χ3n) is 5.02. The molecule has 3 rings (SSSR count). The minimum absolute atomic E-state index is 0.108. The van der Waals surface area contributed by atoms with Gasteiger partial charge in [-0.3, -0.25) is 4.79 Å². The molecule has 0 atom stereocenters. The van der Waals surface area contributed by atoms with Gasteiger partial charge in [-0.1, -0.05) is 30.9 Å². The second-order valence-electron chi connectivity index (χ2n) is 6.71. The van der Waals surface area contributed by atoms with E-state index in [9.17, 15) is 9.59 Å². The molecule has 1 aromatic heterocycles. The van der Waals surface area contributed by atoms with Gasteiger partial charge in [0.2, 0.25) is 0 Å². The topological polar surface area (TPSA) is 80.6 Å². The van der Waals surface area contributed by atoms with Gasteiger partial charge in [-0.25, -0.2) is 9.48 Å². The van der Waals surface area contributed by atoms with E-state index in [-0.39, 0.29) is 12.0 Å². The zero-order valence-electron chi connectivity index (χ0n) is 14.9. The fourth-order valence-corrected chi connectivity index (χ4v) is 3.54. The first-order valence-corrected chi connectivity index (χ1v) is 9.32. The molecule has 0 spiro atoms. The lowest BCUT2D eigenvalue weighted by Gasteiger charge is -2.33. The van der Waals surface area contributed by atoms with E-state index in [4.69, 9.17) is 4.74 Å². The van der Waals surface area contributed by atoms with Crippen molar-refractivity contribution in [3.63, 3.8) is 0 Å². The minimum Gasteiger partial charge on any atom is -0.450 e. The summed E-state index contributed by atoms with van der Waals surface area (Å²) in [5.74, 6) is -0.108. The third-order valence-corrected chi connectivity index (χ3v) is 5.02. The Labute approximate surface area is 148 Å². The van der Waals surface area contributed by atoms with E-state index in [1.807, 2.05) is 4.68 Å². The van der Waals surface area contributed by atoms with Crippen molar-refractivity contribution in [1.82, 2.24) is 24.8 Å². The van der Waals surface area contributed by atoms with Crippen LogP contribution in [-0.4, -0.2) is 69.6 Å². The zero-order valence-corrected chi connectivity index (χ0v) is 14.9. The molecule has 0 unspecified atom stereocenters. The predicted octanol–water partition coefficient (Wildman–Crippen LogP) is 2.09. The molecule has 0 aromatic carbocycles. The molecule has 8 nitrogen and oxygen atoms in total. The molecule has 138 valence electrons. The number of hydrogen-bond acceptors (Lipinski definition) is 5. The van der Waals surface area contributed by atoms with Crippen molar-refractivity contribution in [3.8, 4) is 0 Å². The second kappa shape index (κ2) is 8.31. The molecule has 1 aliphatic heterocycles. The quantitative estimate of drug-likeness (QED) is 0.781. The van der Waals surface area contributed by atoms with Gasteiger partial charge >= 0.3 is 6.09 Å². The first kappa shape index (κ1) is 17.7. The zero-order chi connectivity index (χ0) is 17.6. The number of piperazine rings is 1. The van der Waals surface area contributed by atoms with Crippen molar-refractivity contribution in [2.75, 3.05) is 32.8 Å². The fraction of sp³-hybridized carbons (Fsp3) is 0.765. The molecule has 1 saturated heterocycles. The van der Waals surface area contributed by atoms with Gasteiger partial charge in [0, 0.05) is 26.2 Å². The maximum atomic E-state index is 12.6. The number of carbonyl (C=O) groups is 2. The summed E-state index contributed by atoms with van der Waals surface area (Å²) in [7, 11) is 0. The van der Waals surface area contributed by atoms with Crippen LogP contribution >= 0.6 is 0 Å². The standard InChI is InChI=1S/C17H27N5O3/c1-2-25-17(24)21-11-9-20(10-12-21)16(23)15-13-22(19-18-15)14-7-5-3-4-6-8-14/h13-14H,2-12H2,1H3. The van der Waals surface area contributed by atoms with E-state index in [0.717, 1.165) is 12.8 Å². The van der Waals surface area contributed by atoms with Crippen molar-refractivity contribution in [3.05, 3.63) is 11.9 Å². The van der Waals surface area contributed by atoms with Crippen LogP contribution in [0.1, 0.15) is 62.0 Å². The van der Waals surface area contributed by atoms with Crippen molar-refractivity contribution >= 4 is 12.0 Å². The average Bonchev–Trinajstić information content (AvgIpc) is 2.97. The Morgan fingerprint density at radius 1 is 1.08 bits per heavy atom. The summed E-state index contributed by atoms with van der Waals surface area (Å²) in [6.45, 7) is 4.11. The summed E-state index contributed by atoms with van der Waals surface area (Å²) in [5.41, 5.74) is 0.397. The van der Waals surface area contributed by atoms with Crippen LogP contribution in [-0.2, 0) is 4.74 Å². The Morgan fingerprint density at radius 3 is 2.36 bits per heavy atom. The van der Waals surface area contributed by atoms with Crippen LogP contribution in [0, 0.1) is 0 Å². The Hall–Kier alpha value is -2.12. The van der Waals surface area contributed by atoms with Gasteiger partial charge in [0.25, 0.3) is 5.91 Å². The highest BCUT2D eigenvalue weighted by molar-refractivity contribution is 5.92. The molecule has 0 radical (unpaired) electrons. The summed E-state index contributed by atoms with van der Waals surface area (Å²) in [6.07, 6.45) is 8.67. The lowest BCUT2D eigenvalue weighted by atomic mass is 10.1. The normalized spacial score (nSPS) is 19.6. The Bertz CT molecular complexity index is 587. The summed E-state index contributed by atoms with van der Waals surface area (Å²) >= 11 is 0. The predicted molar refractivity (Wildman–Crippen MR) is 91.3 cm³/mol. The Morgan fingerprint density at radius 2 is 1.72 bits per heavy atom. The summed E-state index contributed by atoms with van der Waals surface area (Å²) in [5, 5.41) is 8.30. The van der Waals surface area contributed by atoms with Crippen molar-refractivity contribution in [2.45, 2.75) is 51.5 Å². The van der Waals surface area contributed by atoms with Crippen LogP contribution in [0.3, 0.4) is 0 Å². The summed E-state index contributed by atoms with van der Waals surface area (Å²) < 4.78 is 6.87. The van der Waals surface area contributed by atoms with E-state index in [1.54, 1.807) is 22.9 Å². The number of ether oxygens (including phenoxy) is 1. The minimum atomic E-state index is -0.311. The first-order chi connectivity index (χ1) is 12.2. The Kier molecular flexibility index (Phi) is 5.88. The Balaban J connectivity index is 1.56. The number of nitrogens with zero attached hydrogens (tertiary/aromatic N) is 5. The van der Waals surface area contributed by atoms with Crippen molar-refractivity contribution in [2.24, 2.45) is 0 Å². The van der Waals surface area contributed by atoms with E-state index in [2.05, 4.69) is 10.3 Å². The maximum absolute atomic E-state index is 12.6. The SMILES string of the molecule is CCOC(=O)N1CCN(C(=O)c2cn(C3CCCCCC3)nn2)CC1. The molecule has 2 amide bonds. The van der Waals surface area contributed by atoms with Crippen LogP contribution < -0.4 is 0 Å². The molecular formula is C17H27N5O3. The molecule has 1 aliphatic carbocycles. The smallest absolute Gasteiger partial charge is 0.409 e. The molecule has 1 saturated carbocycles. The lowest BCUT2D eigenvalue weighted by Crippen LogP contribution is -2.50. The molecule has 2 fully saturated rings. The van der Waals surface area contributed by atoms with Gasteiger partial charge in [0.15, 0.2) is 5.69 Å². The largest absolute Gasteiger partial charge is 0.450 e. The number of hydrogen-bond donors (Lipinski definition) is 0. The van der Waals surface area contributed by atoms with E-state index >= 15 is 0 Å². The third kappa shape index (κ3) is 4.29. The van der Waals surface area contributed by atoms with Crippen LogP contribution in [0.15, 0.2) is 6.20 Å². The van der Waals surface area contributed by atoms with Gasteiger partial charge < -0.3 is 14.5 Å². The van der Waals surface area contributed by atoms with Crippen molar-refractivity contribution in [1.29, 1.82) is 0 Å². The molecule has 25 heavy (non-hydrogen) atoms. The highest BCUT2D eigenvalue weighted by Crippen LogP contribution is 2.26. The fourth-order valence-electron chi connectivity index (χ4n) is 3.54. The molecule has 0 bridgehead atoms. The molecular weight excluding hydrogens is 322 g/mol. The molecule has 0 N–H and O–H groups in total. The lowest BCUT2D eigenvalue weighted by molar-refractivity contribution is 0.0566. The number of carbonyl (C=O) groups excluding carboxylic acids is 2. The van der Waals surface area contributed by atoms with Crippen LogP contribution in [0.25, 0.3) is 0 Å². The van der Waals surface area contributed by atoms with E-state index < -0.39 is 0 Å². The van der Waals surface area contributed by atoms with Crippen molar-refractivity contribution < 1.29 is 14.3 Å². The second-order valence-corrected chi connectivity index (χ2v) is 6.71. The van der Waals surface area contributed by atoms with Gasteiger partial charge in [-0.05, 0) is 19.8 Å². The van der Waals surface area contributed by atoms with Crippen LogP contribution in [0.5, 0.6) is 0 Å². The maximum Gasteiger partial charge on any atom is 0.409 e. The average molecular weight is 349 g/mol. The number of amides is 2. The van der Waals surface area contributed by atoms with Gasteiger partial charge in [0.05, 0.1) is 18.8 Å². The van der Waals surface area contributed by atoms with Crippen LogP contribution in [0.4, 0.5) is 4.79 Å². The monoisotopic (exact) mass is 349 g/mol. The number of rotatable bonds is 3. The van der Waals surface area contributed by atoms with Gasteiger partial charge in [-0.15, -0.1) is 5.10 Å². The van der Waals surface area contributed by atoms with E-state index in [0.29, 0.717) is 44.5 Å². The molecule has 8 heteroatoms. The summed E-state index contributed by atoms with van der Waals surface area (Å²) in [6, 6.07) is 0.359. The molecule has 2 aliphatic rings. The highest BCUT2D eigenvalue weighted by atomic mass is 16.6. The van der Waals surface area contributed by atoms with Gasteiger partial charge in [0.1, 0.15) is 0 Å². The number of aromatic nitrogens is 3. The molecule has 2 heterocycles. The van der Waals surface area contributed by atoms with E-state index in [1.165, 1.54) is 25.7 Å². The van der Waals surface area contributed by atoms with Crippen LogP contribution in [0.2, 0.25) is 0 Å². The first-order valence-electron chi connectivity index (χ1n) is 9.32. The highest BCUT2D eigenvalue weighted by Gasteiger charge is 2.27. The van der Waals surface area contributed by atoms with Gasteiger partial charge in [-0.2, -0.15) is 0 Å².